The van der Waals surface area contributed by atoms with Crippen molar-refractivity contribution in [3.05, 3.63) is 0 Å². The first-order chi connectivity index (χ1) is 5.72. The molecule has 2 heteroatoms. The van der Waals surface area contributed by atoms with Gasteiger partial charge < -0.3 is 10.6 Å². The number of rotatable bonds is 3. The highest BCUT2D eigenvalue weighted by atomic mass is 15.1. The zero-order valence-corrected chi connectivity index (χ0v) is 8.42. The molecule has 12 heavy (non-hydrogen) atoms. The number of hydrogen-bond acceptors (Lipinski definition) is 2. The normalized spacial score (nSPS) is 31.0. The van der Waals surface area contributed by atoms with Gasteiger partial charge in [-0.2, -0.15) is 0 Å². The summed E-state index contributed by atoms with van der Waals surface area (Å²) >= 11 is 0. The van der Waals surface area contributed by atoms with Crippen LogP contribution in [0.4, 0.5) is 0 Å². The predicted octanol–water partition coefficient (Wildman–Crippen LogP) is 1.46. The van der Waals surface area contributed by atoms with Crippen molar-refractivity contribution >= 4 is 0 Å². The molecular formula is C10H22N2. The first kappa shape index (κ1) is 10.0. The molecule has 1 saturated carbocycles. The van der Waals surface area contributed by atoms with Crippen molar-refractivity contribution < 1.29 is 0 Å². The highest BCUT2D eigenvalue weighted by Crippen LogP contribution is 2.23. The summed E-state index contributed by atoms with van der Waals surface area (Å²) in [5.41, 5.74) is 5.85. The zero-order valence-electron chi connectivity index (χ0n) is 8.42. The van der Waals surface area contributed by atoms with Crippen molar-refractivity contribution in [2.24, 2.45) is 11.7 Å². The van der Waals surface area contributed by atoms with Gasteiger partial charge in [-0.3, -0.25) is 0 Å². The molecule has 0 atom stereocenters. The average Bonchev–Trinajstić information content (AvgIpc) is 2.09. The van der Waals surface area contributed by atoms with E-state index in [1.165, 1.54) is 38.8 Å². The first-order valence-corrected chi connectivity index (χ1v) is 5.16. The Labute approximate surface area is 76.1 Å². The largest absolute Gasteiger partial charge is 0.328 e. The molecule has 1 rings (SSSR count). The SMILES string of the molecule is CCN(C)CC1CCC(N)CC1. The van der Waals surface area contributed by atoms with Gasteiger partial charge in [0.25, 0.3) is 0 Å². The predicted molar refractivity (Wildman–Crippen MR) is 53.1 cm³/mol. The highest BCUT2D eigenvalue weighted by molar-refractivity contribution is 4.75. The second-order valence-corrected chi connectivity index (χ2v) is 4.14. The summed E-state index contributed by atoms with van der Waals surface area (Å²) in [6.45, 7) is 4.65. The van der Waals surface area contributed by atoms with Gasteiger partial charge in [-0.15, -0.1) is 0 Å². The van der Waals surface area contributed by atoms with Crippen molar-refractivity contribution in [2.45, 2.75) is 38.6 Å². The van der Waals surface area contributed by atoms with Crippen molar-refractivity contribution in [3.8, 4) is 0 Å². The monoisotopic (exact) mass is 170 g/mol. The molecule has 2 nitrogen and oxygen atoms in total. The fourth-order valence-electron chi connectivity index (χ4n) is 1.94. The van der Waals surface area contributed by atoms with Crippen LogP contribution in [0, 0.1) is 5.92 Å². The van der Waals surface area contributed by atoms with Crippen molar-refractivity contribution in [1.82, 2.24) is 4.90 Å². The van der Waals surface area contributed by atoms with Crippen LogP contribution >= 0.6 is 0 Å². The van der Waals surface area contributed by atoms with E-state index < -0.39 is 0 Å². The minimum atomic E-state index is 0.494. The lowest BCUT2D eigenvalue weighted by Crippen LogP contribution is -2.32. The molecule has 0 bridgehead atoms. The molecule has 0 spiro atoms. The van der Waals surface area contributed by atoms with E-state index in [2.05, 4.69) is 18.9 Å². The van der Waals surface area contributed by atoms with E-state index in [9.17, 15) is 0 Å². The van der Waals surface area contributed by atoms with Gasteiger partial charge in [0.1, 0.15) is 0 Å². The van der Waals surface area contributed by atoms with Crippen LogP contribution in [0.2, 0.25) is 0 Å². The van der Waals surface area contributed by atoms with Crippen LogP contribution in [0.25, 0.3) is 0 Å². The minimum Gasteiger partial charge on any atom is -0.328 e. The topological polar surface area (TPSA) is 29.3 Å². The summed E-state index contributed by atoms with van der Waals surface area (Å²) in [4.78, 5) is 2.40. The second-order valence-electron chi connectivity index (χ2n) is 4.14. The third kappa shape index (κ3) is 3.11. The zero-order chi connectivity index (χ0) is 8.97. The van der Waals surface area contributed by atoms with Crippen LogP contribution < -0.4 is 5.73 Å². The molecule has 1 fully saturated rings. The maximum atomic E-state index is 5.85. The van der Waals surface area contributed by atoms with Gasteiger partial charge in [-0.05, 0) is 45.2 Å². The molecule has 2 N–H and O–H groups in total. The standard InChI is InChI=1S/C10H22N2/c1-3-12(2)8-9-4-6-10(11)7-5-9/h9-10H,3-8,11H2,1-2H3. The van der Waals surface area contributed by atoms with Crippen LogP contribution in [0.15, 0.2) is 0 Å². The Balaban J connectivity index is 2.17. The first-order valence-electron chi connectivity index (χ1n) is 5.16. The maximum absolute atomic E-state index is 5.85. The van der Waals surface area contributed by atoms with Crippen LogP contribution in [0.3, 0.4) is 0 Å². The van der Waals surface area contributed by atoms with E-state index >= 15 is 0 Å². The van der Waals surface area contributed by atoms with E-state index in [0.29, 0.717) is 6.04 Å². The summed E-state index contributed by atoms with van der Waals surface area (Å²) in [5, 5.41) is 0. The summed E-state index contributed by atoms with van der Waals surface area (Å²) in [7, 11) is 2.20. The Hall–Kier alpha value is -0.0800. The summed E-state index contributed by atoms with van der Waals surface area (Å²) in [5.74, 6) is 0.912. The van der Waals surface area contributed by atoms with Crippen molar-refractivity contribution in [2.75, 3.05) is 20.1 Å². The average molecular weight is 170 g/mol. The van der Waals surface area contributed by atoms with Gasteiger partial charge in [-0.25, -0.2) is 0 Å². The molecule has 0 aromatic carbocycles. The van der Waals surface area contributed by atoms with Gasteiger partial charge in [-0.1, -0.05) is 6.92 Å². The number of nitrogens with two attached hydrogens (primary N) is 1. The molecule has 1 aliphatic carbocycles. The van der Waals surface area contributed by atoms with Crippen molar-refractivity contribution in [1.29, 1.82) is 0 Å². The van der Waals surface area contributed by atoms with E-state index in [1.54, 1.807) is 0 Å². The molecule has 0 heterocycles. The van der Waals surface area contributed by atoms with Gasteiger partial charge in [0.05, 0.1) is 0 Å². The molecule has 72 valence electrons. The molecular weight excluding hydrogens is 148 g/mol. The number of nitrogens with zero attached hydrogens (tertiary/aromatic N) is 1. The Morgan fingerprint density at radius 2 is 1.83 bits per heavy atom. The van der Waals surface area contributed by atoms with E-state index in [0.717, 1.165) is 5.92 Å². The van der Waals surface area contributed by atoms with Gasteiger partial charge >= 0.3 is 0 Å². The summed E-state index contributed by atoms with van der Waals surface area (Å²) in [6.07, 6.45) is 5.15. The lowest BCUT2D eigenvalue weighted by atomic mass is 9.86. The molecule has 0 unspecified atom stereocenters. The Kier molecular flexibility index (Phi) is 4.02. The lowest BCUT2D eigenvalue weighted by molar-refractivity contribution is 0.231. The fourth-order valence-corrected chi connectivity index (χ4v) is 1.94. The minimum absolute atomic E-state index is 0.494. The highest BCUT2D eigenvalue weighted by Gasteiger charge is 2.18. The third-order valence-corrected chi connectivity index (χ3v) is 3.00. The number of hydrogen-bond donors (Lipinski definition) is 1. The van der Waals surface area contributed by atoms with Crippen LogP contribution in [-0.2, 0) is 0 Å². The smallest absolute Gasteiger partial charge is 0.00390 e. The van der Waals surface area contributed by atoms with E-state index in [4.69, 9.17) is 5.73 Å². The molecule has 0 aromatic heterocycles. The molecule has 0 saturated heterocycles. The van der Waals surface area contributed by atoms with Gasteiger partial charge in [0.15, 0.2) is 0 Å². The lowest BCUT2D eigenvalue weighted by Gasteiger charge is -2.29. The maximum Gasteiger partial charge on any atom is 0.00390 e. The molecule has 0 radical (unpaired) electrons. The van der Waals surface area contributed by atoms with Gasteiger partial charge in [0, 0.05) is 12.6 Å². The summed E-state index contributed by atoms with van der Waals surface area (Å²) in [6, 6.07) is 0.494. The fraction of sp³-hybridized carbons (Fsp3) is 1.00. The molecule has 1 aliphatic rings. The molecule has 0 aromatic rings. The Bertz CT molecular complexity index is 117. The van der Waals surface area contributed by atoms with E-state index in [-0.39, 0.29) is 0 Å². The molecule has 0 amide bonds. The van der Waals surface area contributed by atoms with Crippen LogP contribution in [-0.4, -0.2) is 31.1 Å². The van der Waals surface area contributed by atoms with Gasteiger partial charge in [0.2, 0.25) is 0 Å². The Morgan fingerprint density at radius 3 is 2.33 bits per heavy atom. The third-order valence-electron chi connectivity index (χ3n) is 3.00. The van der Waals surface area contributed by atoms with E-state index in [1.807, 2.05) is 0 Å². The Morgan fingerprint density at radius 1 is 1.25 bits per heavy atom. The van der Waals surface area contributed by atoms with Crippen LogP contribution in [0.5, 0.6) is 0 Å². The van der Waals surface area contributed by atoms with Crippen LogP contribution in [0.1, 0.15) is 32.6 Å². The van der Waals surface area contributed by atoms with Crippen molar-refractivity contribution in [3.63, 3.8) is 0 Å². The second kappa shape index (κ2) is 4.83. The quantitative estimate of drug-likeness (QED) is 0.694. The summed E-state index contributed by atoms with van der Waals surface area (Å²) < 4.78 is 0. The molecule has 0 aliphatic heterocycles.